The Balaban J connectivity index is 1.16. The van der Waals surface area contributed by atoms with Gasteiger partial charge in [-0.15, -0.1) is 0 Å². The number of nitrogens with zero attached hydrogens (tertiary/aromatic N) is 3. The lowest BCUT2D eigenvalue weighted by atomic mass is 9.90. The van der Waals surface area contributed by atoms with Gasteiger partial charge in [-0.05, 0) is 60.6 Å². The normalized spacial score (nSPS) is 23.7. The van der Waals surface area contributed by atoms with Gasteiger partial charge in [0.05, 0.1) is 24.0 Å². The minimum Gasteiger partial charge on any atom is -0.372 e. The molecule has 0 saturated carbocycles. The van der Waals surface area contributed by atoms with Crippen molar-refractivity contribution in [3.63, 3.8) is 0 Å². The lowest BCUT2D eigenvalue weighted by Crippen LogP contribution is -2.38. The summed E-state index contributed by atoms with van der Waals surface area (Å²) in [6.07, 6.45) is 3.70. The van der Waals surface area contributed by atoms with Crippen LogP contribution in [0.4, 0.5) is 11.4 Å². The van der Waals surface area contributed by atoms with Gasteiger partial charge in [0, 0.05) is 29.7 Å². The predicted molar refractivity (Wildman–Crippen MR) is 160 cm³/mol. The van der Waals surface area contributed by atoms with E-state index in [1.807, 2.05) is 35.2 Å². The summed E-state index contributed by atoms with van der Waals surface area (Å²) < 4.78 is 24.9. The molecule has 202 valence electrons. The molecule has 6 nitrogen and oxygen atoms in total. The fourth-order valence-electron chi connectivity index (χ4n) is 5.95. The first-order valence-electron chi connectivity index (χ1n) is 13.6. The van der Waals surface area contributed by atoms with Crippen molar-refractivity contribution in [1.82, 2.24) is 0 Å². The van der Waals surface area contributed by atoms with Gasteiger partial charge in [-0.1, -0.05) is 72.4 Å². The summed E-state index contributed by atoms with van der Waals surface area (Å²) in [6, 6.07) is 28.5. The van der Waals surface area contributed by atoms with Gasteiger partial charge in [-0.2, -0.15) is 4.99 Å². The topological polar surface area (TPSA) is 70.0 Å². The maximum Gasteiger partial charge on any atom is 0.252 e. The third kappa shape index (κ3) is 6.07. The van der Waals surface area contributed by atoms with E-state index in [0.29, 0.717) is 11.1 Å². The van der Waals surface area contributed by atoms with Crippen LogP contribution in [-0.2, 0) is 27.5 Å². The summed E-state index contributed by atoms with van der Waals surface area (Å²) in [6.45, 7) is 2.06. The Morgan fingerprint density at radius 3 is 2.10 bits per heavy atom. The molecule has 3 saturated heterocycles. The first kappa shape index (κ1) is 26.1. The van der Waals surface area contributed by atoms with Gasteiger partial charge >= 0.3 is 0 Å². The zero-order valence-electron chi connectivity index (χ0n) is 21.9. The zero-order chi connectivity index (χ0) is 26.8. The third-order valence-corrected chi connectivity index (χ3v) is 11.2. The second-order valence-electron chi connectivity index (χ2n) is 10.8. The largest absolute Gasteiger partial charge is 0.372 e. The highest BCUT2D eigenvalue weighted by Crippen LogP contribution is 2.41. The molecule has 0 aromatic heterocycles. The number of fused-ring (bicyclic) bond motifs is 1. The molecule has 0 aliphatic carbocycles. The third-order valence-electron chi connectivity index (χ3n) is 7.96. The molecule has 1 amide bonds. The van der Waals surface area contributed by atoms with Crippen LogP contribution >= 0.6 is 11.8 Å². The molecule has 3 aromatic rings. The van der Waals surface area contributed by atoms with E-state index in [1.54, 1.807) is 0 Å². The van der Waals surface area contributed by atoms with Crippen LogP contribution in [0.3, 0.4) is 0 Å². The van der Waals surface area contributed by atoms with Crippen molar-refractivity contribution in [3.8, 4) is 0 Å². The van der Waals surface area contributed by atoms with Crippen LogP contribution < -0.4 is 9.80 Å². The van der Waals surface area contributed by atoms with E-state index >= 15 is 0 Å². The van der Waals surface area contributed by atoms with E-state index in [4.69, 9.17) is 0 Å². The van der Waals surface area contributed by atoms with Crippen LogP contribution in [-0.4, -0.2) is 55.4 Å². The van der Waals surface area contributed by atoms with Crippen molar-refractivity contribution in [3.05, 3.63) is 96.1 Å². The standard InChI is InChI=1S/C31H33N3O3S2/c35-30(20-24-9-5-2-6-10-24)32-31-34(28-21-39(36,37)22-29(28)38-31)27-13-11-26(12-14-27)33-17-15-25(16-18-33)19-23-7-3-1-4-8-23/h1-14,25,28-29H,15-22H2/t28-,29+/m0/s1. The van der Waals surface area contributed by atoms with E-state index < -0.39 is 9.84 Å². The summed E-state index contributed by atoms with van der Waals surface area (Å²) in [7, 11) is -3.11. The molecule has 3 fully saturated rings. The first-order chi connectivity index (χ1) is 18.9. The molecule has 0 unspecified atom stereocenters. The molecule has 6 rings (SSSR count). The highest BCUT2D eigenvalue weighted by molar-refractivity contribution is 8.16. The molecule has 0 N–H and O–H groups in total. The maximum atomic E-state index is 12.8. The van der Waals surface area contributed by atoms with Gasteiger partial charge in [0.15, 0.2) is 15.0 Å². The number of hydrogen-bond acceptors (Lipinski definition) is 5. The molecule has 3 aliphatic rings. The van der Waals surface area contributed by atoms with E-state index in [1.165, 1.54) is 35.9 Å². The van der Waals surface area contributed by atoms with Crippen LogP contribution in [0.1, 0.15) is 24.0 Å². The second kappa shape index (κ2) is 11.2. The van der Waals surface area contributed by atoms with E-state index in [0.717, 1.165) is 30.8 Å². The molecule has 3 heterocycles. The molecular formula is C31H33N3O3S2. The molecule has 8 heteroatoms. The Hall–Kier alpha value is -3.10. The lowest BCUT2D eigenvalue weighted by molar-refractivity contribution is -0.117. The number of amidine groups is 1. The average Bonchev–Trinajstić information content (AvgIpc) is 3.41. The molecular weight excluding hydrogens is 526 g/mol. The smallest absolute Gasteiger partial charge is 0.252 e. The van der Waals surface area contributed by atoms with Crippen LogP contribution in [0.5, 0.6) is 0 Å². The fourth-order valence-corrected chi connectivity index (χ4v) is 9.88. The Morgan fingerprint density at radius 2 is 1.44 bits per heavy atom. The molecule has 3 aromatic carbocycles. The second-order valence-corrected chi connectivity index (χ2v) is 14.1. The first-order valence-corrected chi connectivity index (χ1v) is 16.3. The van der Waals surface area contributed by atoms with Crippen molar-refractivity contribution >= 4 is 44.0 Å². The summed E-state index contributed by atoms with van der Waals surface area (Å²) in [5.41, 5.74) is 4.40. The van der Waals surface area contributed by atoms with Crippen molar-refractivity contribution < 1.29 is 13.2 Å². The molecule has 39 heavy (non-hydrogen) atoms. The monoisotopic (exact) mass is 559 g/mol. The van der Waals surface area contributed by atoms with Crippen molar-refractivity contribution in [1.29, 1.82) is 0 Å². The Kier molecular flexibility index (Phi) is 7.49. The number of benzene rings is 3. The van der Waals surface area contributed by atoms with Gasteiger partial charge in [0.2, 0.25) is 0 Å². The maximum absolute atomic E-state index is 12.8. The molecule has 0 radical (unpaired) electrons. The SMILES string of the molecule is O=C(Cc1ccccc1)N=C1S[C@@H]2CS(=O)(=O)C[C@@H]2N1c1ccc(N2CCC(Cc3ccccc3)CC2)cc1. The highest BCUT2D eigenvalue weighted by Gasteiger charge is 2.49. The van der Waals surface area contributed by atoms with E-state index in [2.05, 4.69) is 64.5 Å². The number of amides is 1. The number of anilines is 2. The number of piperidine rings is 1. The average molecular weight is 560 g/mol. The number of rotatable bonds is 6. The molecule has 0 spiro atoms. The Morgan fingerprint density at radius 1 is 0.821 bits per heavy atom. The Bertz CT molecular complexity index is 1440. The highest BCUT2D eigenvalue weighted by atomic mass is 32.2. The van der Waals surface area contributed by atoms with Crippen molar-refractivity contribution in [2.24, 2.45) is 10.9 Å². The van der Waals surface area contributed by atoms with Crippen LogP contribution in [0.15, 0.2) is 89.9 Å². The number of thioether (sulfide) groups is 1. The quantitative estimate of drug-likeness (QED) is 0.424. The predicted octanol–water partition coefficient (Wildman–Crippen LogP) is 4.99. The zero-order valence-corrected chi connectivity index (χ0v) is 23.5. The number of carbonyl (C=O) groups is 1. The summed E-state index contributed by atoms with van der Waals surface area (Å²) >= 11 is 1.42. The minimum absolute atomic E-state index is 0.0905. The van der Waals surface area contributed by atoms with E-state index in [9.17, 15) is 13.2 Å². The van der Waals surface area contributed by atoms with Gasteiger partial charge in [-0.25, -0.2) is 8.42 Å². The number of carbonyl (C=O) groups excluding carboxylic acids is 1. The summed E-state index contributed by atoms with van der Waals surface area (Å²) in [5, 5.41) is 0.497. The van der Waals surface area contributed by atoms with E-state index in [-0.39, 0.29) is 35.1 Å². The van der Waals surface area contributed by atoms with Crippen molar-refractivity contribution in [2.45, 2.75) is 37.0 Å². The summed E-state index contributed by atoms with van der Waals surface area (Å²) in [5.74, 6) is 0.707. The van der Waals surface area contributed by atoms with Crippen molar-refractivity contribution in [2.75, 3.05) is 34.4 Å². The summed E-state index contributed by atoms with van der Waals surface area (Å²) in [4.78, 5) is 21.7. The Labute approximate surface area is 235 Å². The van der Waals surface area contributed by atoms with Crippen LogP contribution in [0.25, 0.3) is 0 Å². The molecule has 2 atom stereocenters. The van der Waals surface area contributed by atoms with Gasteiger partial charge in [0.25, 0.3) is 5.91 Å². The fraction of sp³-hybridized carbons (Fsp3) is 0.355. The van der Waals surface area contributed by atoms with Gasteiger partial charge in [-0.3, -0.25) is 4.79 Å². The number of hydrogen-bond donors (Lipinski definition) is 0. The lowest BCUT2D eigenvalue weighted by Gasteiger charge is -2.34. The van der Waals surface area contributed by atoms with Crippen LogP contribution in [0, 0.1) is 5.92 Å². The number of sulfone groups is 1. The number of aliphatic imine (C=N–C) groups is 1. The van der Waals surface area contributed by atoms with Gasteiger partial charge in [0.1, 0.15) is 0 Å². The van der Waals surface area contributed by atoms with Crippen LogP contribution in [0.2, 0.25) is 0 Å². The molecule has 3 aliphatic heterocycles. The molecule has 0 bridgehead atoms. The minimum atomic E-state index is -3.11. The van der Waals surface area contributed by atoms with Gasteiger partial charge < -0.3 is 9.80 Å².